The Bertz CT molecular complexity index is 103. The van der Waals surface area contributed by atoms with E-state index in [4.69, 9.17) is 0 Å². The average molecular weight is 155 g/mol. The van der Waals surface area contributed by atoms with Gasteiger partial charge in [-0.1, -0.05) is 26.7 Å². The topological polar surface area (TPSA) is 12.0 Å². The van der Waals surface area contributed by atoms with Gasteiger partial charge in [0.2, 0.25) is 0 Å². The van der Waals surface area contributed by atoms with Gasteiger partial charge in [0.05, 0.1) is 0 Å². The van der Waals surface area contributed by atoms with E-state index < -0.39 is 0 Å². The van der Waals surface area contributed by atoms with E-state index in [9.17, 15) is 0 Å². The van der Waals surface area contributed by atoms with Gasteiger partial charge in [0.15, 0.2) is 0 Å². The molecule has 1 aliphatic heterocycles. The predicted octanol–water partition coefficient (Wildman–Crippen LogP) is 2.57. The number of unbranched alkanes of at least 4 members (excludes halogenated alkanes) is 1. The summed E-state index contributed by atoms with van der Waals surface area (Å²) < 4.78 is 0. The van der Waals surface area contributed by atoms with Crippen molar-refractivity contribution in [3.05, 3.63) is 0 Å². The second kappa shape index (κ2) is 4.10. The maximum atomic E-state index is 3.48. The highest BCUT2D eigenvalue weighted by molar-refractivity contribution is 4.80. The van der Waals surface area contributed by atoms with Gasteiger partial charge in [0.25, 0.3) is 0 Å². The normalized spacial score (nSPS) is 32.2. The van der Waals surface area contributed by atoms with Gasteiger partial charge in [-0.25, -0.2) is 0 Å². The summed E-state index contributed by atoms with van der Waals surface area (Å²) in [6.45, 7) is 7.18. The number of hydrogen-bond acceptors (Lipinski definition) is 1. The third-order valence-corrected chi connectivity index (χ3v) is 2.82. The molecule has 1 N–H and O–H groups in total. The van der Waals surface area contributed by atoms with E-state index in [2.05, 4.69) is 19.2 Å². The maximum absolute atomic E-state index is 3.48. The van der Waals surface area contributed by atoms with Crippen molar-refractivity contribution in [3.8, 4) is 0 Å². The molecular weight excluding hydrogens is 134 g/mol. The van der Waals surface area contributed by atoms with E-state index in [0.29, 0.717) is 5.41 Å². The lowest BCUT2D eigenvalue weighted by molar-refractivity contribution is 0.213. The first kappa shape index (κ1) is 9.05. The molecule has 1 fully saturated rings. The van der Waals surface area contributed by atoms with Gasteiger partial charge >= 0.3 is 0 Å². The van der Waals surface area contributed by atoms with Crippen molar-refractivity contribution >= 4 is 0 Å². The van der Waals surface area contributed by atoms with Crippen LogP contribution < -0.4 is 5.32 Å². The molecule has 1 atom stereocenters. The minimum atomic E-state index is 0.619. The van der Waals surface area contributed by atoms with Gasteiger partial charge in [-0.3, -0.25) is 0 Å². The molecule has 0 radical (unpaired) electrons. The van der Waals surface area contributed by atoms with Crippen LogP contribution in [0.15, 0.2) is 0 Å². The fourth-order valence-electron chi connectivity index (χ4n) is 1.94. The first-order valence-corrected chi connectivity index (χ1v) is 4.97. The lowest BCUT2D eigenvalue weighted by atomic mass is 9.79. The molecule has 0 aromatic carbocycles. The zero-order valence-corrected chi connectivity index (χ0v) is 7.95. The molecule has 1 rings (SSSR count). The SMILES string of the molecule is CCCCC1(C)CCCNC1. The zero-order valence-electron chi connectivity index (χ0n) is 7.95. The Labute approximate surface area is 70.6 Å². The molecule has 0 saturated carbocycles. The molecule has 1 saturated heterocycles. The van der Waals surface area contributed by atoms with Crippen LogP contribution in [0.5, 0.6) is 0 Å². The Morgan fingerprint density at radius 2 is 2.27 bits per heavy atom. The maximum Gasteiger partial charge on any atom is 0.000517 e. The van der Waals surface area contributed by atoms with Crippen molar-refractivity contribution in [2.75, 3.05) is 13.1 Å². The van der Waals surface area contributed by atoms with E-state index in [-0.39, 0.29) is 0 Å². The molecule has 1 heteroatoms. The van der Waals surface area contributed by atoms with Crippen molar-refractivity contribution < 1.29 is 0 Å². The lowest BCUT2D eigenvalue weighted by Gasteiger charge is -2.34. The van der Waals surface area contributed by atoms with Crippen LogP contribution in [0.2, 0.25) is 0 Å². The standard InChI is InChI=1S/C10H21N/c1-3-4-6-10(2)7-5-8-11-9-10/h11H,3-9H2,1-2H3. The molecular formula is C10H21N. The quantitative estimate of drug-likeness (QED) is 0.660. The highest BCUT2D eigenvalue weighted by Crippen LogP contribution is 2.30. The summed E-state index contributed by atoms with van der Waals surface area (Å²) >= 11 is 0. The van der Waals surface area contributed by atoms with E-state index in [1.165, 1.54) is 45.2 Å². The van der Waals surface area contributed by atoms with Crippen molar-refractivity contribution in [1.29, 1.82) is 0 Å². The summed E-state index contributed by atoms with van der Waals surface area (Å²) in [7, 11) is 0. The third-order valence-electron chi connectivity index (χ3n) is 2.82. The van der Waals surface area contributed by atoms with Crippen molar-refractivity contribution in [3.63, 3.8) is 0 Å². The van der Waals surface area contributed by atoms with Crippen LogP contribution in [0.25, 0.3) is 0 Å². The Hall–Kier alpha value is -0.0400. The van der Waals surface area contributed by atoms with Gasteiger partial charge in [0, 0.05) is 6.54 Å². The summed E-state index contributed by atoms with van der Waals surface area (Å²) in [6.07, 6.45) is 6.96. The minimum Gasteiger partial charge on any atom is -0.316 e. The first-order valence-electron chi connectivity index (χ1n) is 4.97. The zero-order chi connectivity index (χ0) is 8.16. The Morgan fingerprint density at radius 3 is 2.82 bits per heavy atom. The monoisotopic (exact) mass is 155 g/mol. The molecule has 1 aliphatic rings. The van der Waals surface area contributed by atoms with Gasteiger partial charge in [-0.15, -0.1) is 0 Å². The fraction of sp³-hybridized carbons (Fsp3) is 1.00. The van der Waals surface area contributed by atoms with Gasteiger partial charge in [-0.2, -0.15) is 0 Å². The highest BCUT2D eigenvalue weighted by Gasteiger charge is 2.25. The molecule has 1 nitrogen and oxygen atoms in total. The summed E-state index contributed by atoms with van der Waals surface area (Å²) in [5, 5.41) is 3.48. The van der Waals surface area contributed by atoms with Gasteiger partial charge in [-0.05, 0) is 31.2 Å². The summed E-state index contributed by atoms with van der Waals surface area (Å²) in [5.41, 5.74) is 0.619. The lowest BCUT2D eigenvalue weighted by Crippen LogP contribution is -2.37. The smallest absolute Gasteiger partial charge is 0.000517 e. The van der Waals surface area contributed by atoms with Crippen LogP contribution in [0.4, 0.5) is 0 Å². The second-order valence-electron chi connectivity index (χ2n) is 4.19. The molecule has 0 aliphatic carbocycles. The average Bonchev–Trinajstić information content (AvgIpc) is 2.03. The summed E-state index contributed by atoms with van der Waals surface area (Å²) in [6, 6.07) is 0. The van der Waals surface area contributed by atoms with Crippen molar-refractivity contribution in [2.24, 2.45) is 5.41 Å². The highest BCUT2D eigenvalue weighted by atomic mass is 14.9. The Kier molecular flexibility index (Phi) is 3.38. The predicted molar refractivity (Wildman–Crippen MR) is 49.7 cm³/mol. The molecule has 0 aromatic rings. The largest absolute Gasteiger partial charge is 0.316 e. The second-order valence-corrected chi connectivity index (χ2v) is 4.19. The number of rotatable bonds is 3. The van der Waals surface area contributed by atoms with E-state index >= 15 is 0 Å². The number of nitrogens with one attached hydrogen (secondary N) is 1. The molecule has 0 amide bonds. The van der Waals surface area contributed by atoms with Crippen LogP contribution in [0, 0.1) is 5.41 Å². The van der Waals surface area contributed by atoms with Gasteiger partial charge < -0.3 is 5.32 Å². The summed E-state index contributed by atoms with van der Waals surface area (Å²) in [5.74, 6) is 0. The van der Waals surface area contributed by atoms with Crippen LogP contribution >= 0.6 is 0 Å². The molecule has 0 aromatic heterocycles. The van der Waals surface area contributed by atoms with Crippen LogP contribution in [-0.4, -0.2) is 13.1 Å². The summed E-state index contributed by atoms with van der Waals surface area (Å²) in [4.78, 5) is 0. The van der Waals surface area contributed by atoms with E-state index in [0.717, 1.165) is 0 Å². The molecule has 0 spiro atoms. The van der Waals surface area contributed by atoms with Gasteiger partial charge in [0.1, 0.15) is 0 Å². The van der Waals surface area contributed by atoms with Crippen molar-refractivity contribution in [1.82, 2.24) is 5.32 Å². The van der Waals surface area contributed by atoms with Crippen LogP contribution in [0.1, 0.15) is 46.0 Å². The minimum absolute atomic E-state index is 0.619. The molecule has 66 valence electrons. The Morgan fingerprint density at radius 1 is 1.45 bits per heavy atom. The number of hydrogen-bond donors (Lipinski definition) is 1. The molecule has 11 heavy (non-hydrogen) atoms. The molecule has 1 unspecified atom stereocenters. The third kappa shape index (κ3) is 2.82. The Balaban J connectivity index is 2.25. The van der Waals surface area contributed by atoms with Crippen LogP contribution in [-0.2, 0) is 0 Å². The first-order chi connectivity index (χ1) is 5.27. The fourth-order valence-corrected chi connectivity index (χ4v) is 1.94. The van der Waals surface area contributed by atoms with Crippen molar-refractivity contribution in [2.45, 2.75) is 46.0 Å². The van der Waals surface area contributed by atoms with E-state index in [1.54, 1.807) is 0 Å². The van der Waals surface area contributed by atoms with E-state index in [1.807, 2.05) is 0 Å². The number of piperidine rings is 1. The molecule has 1 heterocycles. The molecule has 0 bridgehead atoms. The van der Waals surface area contributed by atoms with Crippen LogP contribution in [0.3, 0.4) is 0 Å².